The standard InChI is InChI=1S/C18H25N5O2/c1-4-22(3)16(14-8-6-5-7-9-14)18(24)23-10-11-25-15(12-23)17-19-13(2)20-21-17/h5-9,15-16H,4,10-12H2,1-3H3,(H,19,20,21)/t15-,16+/m0/s1. The summed E-state index contributed by atoms with van der Waals surface area (Å²) in [4.78, 5) is 21.5. The summed E-state index contributed by atoms with van der Waals surface area (Å²) in [6.07, 6.45) is -0.286. The first-order chi connectivity index (χ1) is 12.1. The fourth-order valence-electron chi connectivity index (χ4n) is 3.09. The summed E-state index contributed by atoms with van der Waals surface area (Å²) >= 11 is 0. The van der Waals surface area contributed by atoms with Crippen molar-refractivity contribution in [2.45, 2.75) is 26.0 Å². The molecule has 25 heavy (non-hydrogen) atoms. The lowest BCUT2D eigenvalue weighted by molar-refractivity contribution is -0.144. The van der Waals surface area contributed by atoms with E-state index in [1.807, 2.05) is 49.2 Å². The van der Waals surface area contributed by atoms with Crippen LogP contribution in [-0.2, 0) is 9.53 Å². The fourth-order valence-corrected chi connectivity index (χ4v) is 3.09. The number of H-pyrrole nitrogens is 1. The Hall–Kier alpha value is -2.25. The molecule has 0 radical (unpaired) electrons. The summed E-state index contributed by atoms with van der Waals surface area (Å²) in [5.41, 5.74) is 1.01. The number of hydrogen-bond donors (Lipinski definition) is 1. The molecule has 1 amide bonds. The third-order valence-corrected chi connectivity index (χ3v) is 4.57. The third kappa shape index (κ3) is 3.88. The third-order valence-electron chi connectivity index (χ3n) is 4.57. The fraction of sp³-hybridized carbons (Fsp3) is 0.500. The molecule has 0 saturated carbocycles. The molecule has 1 aromatic heterocycles. The molecule has 2 aromatic rings. The molecule has 134 valence electrons. The van der Waals surface area contributed by atoms with E-state index >= 15 is 0 Å². The van der Waals surface area contributed by atoms with E-state index in [1.165, 1.54) is 0 Å². The minimum absolute atomic E-state index is 0.0936. The molecule has 1 N–H and O–H groups in total. The van der Waals surface area contributed by atoms with Crippen molar-refractivity contribution in [1.29, 1.82) is 0 Å². The second-order valence-corrected chi connectivity index (χ2v) is 6.31. The van der Waals surface area contributed by atoms with Gasteiger partial charge in [0.15, 0.2) is 5.82 Å². The number of ether oxygens (including phenoxy) is 1. The van der Waals surface area contributed by atoms with Gasteiger partial charge in [0.2, 0.25) is 5.91 Å². The van der Waals surface area contributed by atoms with Crippen molar-refractivity contribution in [3.63, 3.8) is 0 Å². The van der Waals surface area contributed by atoms with E-state index in [0.717, 1.165) is 17.9 Å². The number of aromatic amines is 1. The molecule has 7 heteroatoms. The number of morpholine rings is 1. The average molecular weight is 343 g/mol. The Balaban J connectivity index is 1.79. The highest BCUT2D eigenvalue weighted by molar-refractivity contribution is 5.83. The quantitative estimate of drug-likeness (QED) is 0.894. The van der Waals surface area contributed by atoms with E-state index in [0.29, 0.717) is 25.5 Å². The molecule has 1 fully saturated rings. The van der Waals surface area contributed by atoms with Gasteiger partial charge >= 0.3 is 0 Å². The van der Waals surface area contributed by atoms with Gasteiger partial charge < -0.3 is 9.64 Å². The minimum Gasteiger partial charge on any atom is -0.366 e. The molecule has 2 heterocycles. The number of amides is 1. The molecule has 3 rings (SSSR count). The zero-order valence-electron chi connectivity index (χ0n) is 15.0. The van der Waals surface area contributed by atoms with E-state index < -0.39 is 0 Å². The lowest BCUT2D eigenvalue weighted by Gasteiger charge is -2.36. The topological polar surface area (TPSA) is 74.3 Å². The Labute approximate surface area is 148 Å². The van der Waals surface area contributed by atoms with Crippen LogP contribution in [0.1, 0.15) is 36.3 Å². The molecule has 1 aromatic carbocycles. The summed E-state index contributed by atoms with van der Waals surface area (Å²) in [5, 5.41) is 7.01. The van der Waals surface area contributed by atoms with E-state index in [9.17, 15) is 4.79 Å². The Bertz CT molecular complexity index is 703. The number of aromatic nitrogens is 3. The molecule has 1 aliphatic rings. The predicted molar refractivity (Wildman–Crippen MR) is 93.9 cm³/mol. The average Bonchev–Trinajstić information content (AvgIpc) is 3.09. The van der Waals surface area contributed by atoms with Crippen LogP contribution in [0.25, 0.3) is 0 Å². The van der Waals surface area contributed by atoms with Gasteiger partial charge in [-0.3, -0.25) is 14.8 Å². The normalized spacial score (nSPS) is 19.2. The Morgan fingerprint density at radius 3 is 2.84 bits per heavy atom. The number of nitrogens with one attached hydrogen (secondary N) is 1. The van der Waals surface area contributed by atoms with Crippen LogP contribution in [-0.4, -0.2) is 64.2 Å². The van der Waals surface area contributed by atoms with Crippen LogP contribution in [0.2, 0.25) is 0 Å². The van der Waals surface area contributed by atoms with Gasteiger partial charge in [0.05, 0.1) is 13.2 Å². The lowest BCUT2D eigenvalue weighted by Crippen LogP contribution is -2.47. The number of likely N-dealkylation sites (N-methyl/N-ethyl adjacent to an activating group) is 1. The monoisotopic (exact) mass is 343 g/mol. The lowest BCUT2D eigenvalue weighted by atomic mass is 10.0. The van der Waals surface area contributed by atoms with Crippen molar-refractivity contribution >= 4 is 5.91 Å². The molecule has 7 nitrogen and oxygen atoms in total. The number of rotatable bonds is 5. The minimum atomic E-state index is -0.293. The second-order valence-electron chi connectivity index (χ2n) is 6.31. The second kappa shape index (κ2) is 7.76. The zero-order chi connectivity index (χ0) is 17.8. The maximum Gasteiger partial charge on any atom is 0.244 e. The molecule has 1 aliphatic heterocycles. The Kier molecular flexibility index (Phi) is 5.45. The van der Waals surface area contributed by atoms with Gasteiger partial charge in [-0.05, 0) is 26.1 Å². The highest BCUT2D eigenvalue weighted by Crippen LogP contribution is 2.26. The largest absolute Gasteiger partial charge is 0.366 e. The number of nitrogens with zero attached hydrogens (tertiary/aromatic N) is 4. The first kappa shape index (κ1) is 17.6. The van der Waals surface area contributed by atoms with Crippen LogP contribution in [0.15, 0.2) is 30.3 Å². The van der Waals surface area contributed by atoms with Gasteiger partial charge in [0, 0.05) is 6.54 Å². The Morgan fingerprint density at radius 2 is 2.20 bits per heavy atom. The van der Waals surface area contributed by atoms with Gasteiger partial charge in [-0.15, -0.1) is 0 Å². The summed E-state index contributed by atoms with van der Waals surface area (Å²) in [5.74, 6) is 1.45. The van der Waals surface area contributed by atoms with E-state index in [1.54, 1.807) is 0 Å². The molecular formula is C18H25N5O2. The predicted octanol–water partition coefficient (Wildman–Crippen LogP) is 1.71. The number of carbonyl (C=O) groups excluding carboxylic acids is 1. The van der Waals surface area contributed by atoms with Crippen molar-refractivity contribution in [3.8, 4) is 0 Å². The highest BCUT2D eigenvalue weighted by Gasteiger charge is 2.33. The molecule has 0 unspecified atom stereocenters. The van der Waals surface area contributed by atoms with E-state index in [-0.39, 0.29) is 18.1 Å². The number of aryl methyl sites for hydroxylation is 1. The Morgan fingerprint density at radius 1 is 1.44 bits per heavy atom. The first-order valence-electron chi connectivity index (χ1n) is 8.64. The van der Waals surface area contributed by atoms with Crippen molar-refractivity contribution in [2.75, 3.05) is 33.3 Å². The van der Waals surface area contributed by atoms with Crippen LogP contribution < -0.4 is 0 Å². The highest BCUT2D eigenvalue weighted by atomic mass is 16.5. The maximum absolute atomic E-state index is 13.3. The summed E-state index contributed by atoms with van der Waals surface area (Å²) in [6, 6.07) is 9.62. The first-order valence-corrected chi connectivity index (χ1v) is 8.64. The molecule has 0 bridgehead atoms. The molecule has 2 atom stereocenters. The van der Waals surface area contributed by atoms with Crippen LogP contribution in [0.5, 0.6) is 0 Å². The van der Waals surface area contributed by atoms with Crippen molar-refractivity contribution < 1.29 is 9.53 Å². The number of hydrogen-bond acceptors (Lipinski definition) is 5. The van der Waals surface area contributed by atoms with Crippen molar-refractivity contribution in [2.24, 2.45) is 0 Å². The number of benzene rings is 1. The van der Waals surface area contributed by atoms with Crippen LogP contribution >= 0.6 is 0 Å². The maximum atomic E-state index is 13.3. The zero-order valence-corrected chi connectivity index (χ0v) is 15.0. The van der Waals surface area contributed by atoms with Gasteiger partial charge in [0.1, 0.15) is 18.0 Å². The summed E-state index contributed by atoms with van der Waals surface area (Å²) in [7, 11) is 1.98. The van der Waals surface area contributed by atoms with E-state index in [2.05, 4.69) is 27.0 Å². The van der Waals surface area contributed by atoms with Gasteiger partial charge in [-0.1, -0.05) is 37.3 Å². The van der Waals surface area contributed by atoms with Crippen LogP contribution in [0.3, 0.4) is 0 Å². The molecule has 0 aliphatic carbocycles. The number of carbonyl (C=O) groups is 1. The molecule has 0 spiro atoms. The smallest absolute Gasteiger partial charge is 0.244 e. The molecular weight excluding hydrogens is 318 g/mol. The SMILES string of the molecule is CCN(C)[C@@H](C(=O)N1CCO[C@H](c2n[nH]c(C)n2)C1)c1ccccc1. The van der Waals surface area contributed by atoms with Crippen LogP contribution in [0.4, 0.5) is 0 Å². The summed E-state index contributed by atoms with van der Waals surface area (Å²) in [6.45, 7) is 6.24. The van der Waals surface area contributed by atoms with Gasteiger partial charge in [-0.2, -0.15) is 5.10 Å². The van der Waals surface area contributed by atoms with E-state index in [4.69, 9.17) is 4.74 Å². The van der Waals surface area contributed by atoms with Gasteiger partial charge in [0.25, 0.3) is 0 Å². The summed E-state index contributed by atoms with van der Waals surface area (Å²) < 4.78 is 5.78. The molecule has 1 saturated heterocycles. The van der Waals surface area contributed by atoms with Crippen LogP contribution in [0, 0.1) is 6.92 Å². The van der Waals surface area contributed by atoms with Gasteiger partial charge in [-0.25, -0.2) is 4.98 Å². The van der Waals surface area contributed by atoms with Crippen molar-refractivity contribution in [3.05, 3.63) is 47.5 Å². The van der Waals surface area contributed by atoms with Crippen molar-refractivity contribution in [1.82, 2.24) is 25.0 Å².